The smallest absolute Gasteiger partial charge is 0.245 e. The highest BCUT2D eigenvalue weighted by Crippen LogP contribution is 2.31. The van der Waals surface area contributed by atoms with Gasteiger partial charge in [0.1, 0.15) is 12.2 Å². The van der Waals surface area contributed by atoms with E-state index in [0.29, 0.717) is 49.3 Å². The van der Waals surface area contributed by atoms with Crippen LogP contribution in [-0.4, -0.2) is 74.1 Å². The number of hydrogen-bond acceptors (Lipinski definition) is 7. The second-order valence-corrected chi connectivity index (χ2v) is 12.8. The molecule has 2 aliphatic heterocycles. The molecular formula is C27H50FN7O2. The number of ether oxygens (including phenoxy) is 1. The van der Waals surface area contributed by atoms with E-state index in [4.69, 9.17) is 9.73 Å². The molecule has 2 aliphatic carbocycles. The van der Waals surface area contributed by atoms with Gasteiger partial charge in [-0.3, -0.25) is 26.0 Å². The van der Waals surface area contributed by atoms with E-state index >= 15 is 0 Å². The maximum atomic E-state index is 13.6. The van der Waals surface area contributed by atoms with Crippen molar-refractivity contribution in [2.75, 3.05) is 20.7 Å². The van der Waals surface area contributed by atoms with E-state index in [1.165, 1.54) is 0 Å². The third-order valence-corrected chi connectivity index (χ3v) is 8.97. The molecule has 0 aromatic heterocycles. The Morgan fingerprint density at radius 2 is 1.84 bits per heavy atom. The van der Waals surface area contributed by atoms with Crippen LogP contribution < -0.4 is 26.9 Å². The van der Waals surface area contributed by atoms with Crippen LogP contribution in [0.3, 0.4) is 0 Å². The number of nitrogens with one attached hydrogen (secondary N) is 5. The van der Waals surface area contributed by atoms with E-state index in [-0.39, 0.29) is 29.6 Å². The van der Waals surface area contributed by atoms with E-state index in [0.717, 1.165) is 51.4 Å². The molecule has 9 nitrogen and oxygen atoms in total. The largest absolute Gasteiger partial charge is 0.381 e. The normalized spacial score (nSPS) is 38.1. The number of hydrazine groups is 2. The van der Waals surface area contributed by atoms with Gasteiger partial charge in [0, 0.05) is 32.8 Å². The molecule has 0 radical (unpaired) electrons. The molecule has 2 heterocycles. The van der Waals surface area contributed by atoms with E-state index < -0.39 is 6.17 Å². The predicted octanol–water partition coefficient (Wildman–Crippen LogP) is 2.60. The van der Waals surface area contributed by atoms with Crippen LogP contribution in [-0.2, 0) is 9.53 Å². The van der Waals surface area contributed by atoms with Gasteiger partial charge in [-0.2, -0.15) is 0 Å². The third kappa shape index (κ3) is 7.85. The van der Waals surface area contributed by atoms with Crippen LogP contribution in [0, 0.1) is 17.3 Å². The molecule has 2 saturated heterocycles. The van der Waals surface area contributed by atoms with Crippen molar-refractivity contribution < 1.29 is 13.9 Å². The van der Waals surface area contributed by atoms with Gasteiger partial charge in [0.25, 0.3) is 0 Å². The summed E-state index contributed by atoms with van der Waals surface area (Å²) in [6.45, 7) is 7.25. The van der Waals surface area contributed by atoms with Crippen LogP contribution in [0.1, 0.15) is 85.0 Å². The number of hydrogen-bond donors (Lipinski definition) is 5. The Morgan fingerprint density at radius 1 is 1.08 bits per heavy atom. The molecule has 1 amide bonds. The number of alkyl halides is 1. The Bertz CT molecular complexity index is 783. The van der Waals surface area contributed by atoms with Crippen molar-refractivity contribution in [2.24, 2.45) is 22.2 Å². The quantitative estimate of drug-likeness (QED) is 0.269. The molecule has 4 fully saturated rings. The molecule has 5 N–H and O–H groups in total. The number of carbonyl (C=O) groups is 1. The second-order valence-electron chi connectivity index (χ2n) is 12.8. The van der Waals surface area contributed by atoms with Gasteiger partial charge >= 0.3 is 0 Å². The summed E-state index contributed by atoms with van der Waals surface area (Å²) in [5, 5.41) is 8.52. The lowest BCUT2D eigenvalue weighted by atomic mass is 9.82. The van der Waals surface area contributed by atoms with Crippen molar-refractivity contribution in [3.05, 3.63) is 0 Å². The molecule has 10 heteroatoms. The fraction of sp³-hybridized carbons (Fsp3) is 0.926. The SMILES string of the molecule is COC1CCCC(CN=C(NC(=O)C2CC(C(C)(C)C)NN2C)NC2CC(C3CCC(F)CC3)NN2)C1. The monoisotopic (exact) mass is 523 g/mol. The summed E-state index contributed by atoms with van der Waals surface area (Å²) >= 11 is 0. The number of guanidine groups is 1. The van der Waals surface area contributed by atoms with Gasteiger partial charge in [0.15, 0.2) is 5.96 Å². The summed E-state index contributed by atoms with van der Waals surface area (Å²) in [7, 11) is 3.72. The van der Waals surface area contributed by atoms with Gasteiger partial charge in [-0.1, -0.05) is 27.2 Å². The van der Waals surface area contributed by atoms with Crippen LogP contribution in [0.2, 0.25) is 0 Å². The Labute approximate surface area is 222 Å². The van der Waals surface area contributed by atoms with Gasteiger partial charge in [-0.15, -0.1) is 0 Å². The lowest BCUT2D eigenvalue weighted by Crippen LogP contribution is -2.54. The first-order chi connectivity index (χ1) is 17.6. The number of nitrogens with zero attached hydrogens (tertiary/aromatic N) is 2. The topological polar surface area (TPSA) is 102 Å². The number of halogens is 1. The number of carbonyl (C=O) groups excluding carboxylic acids is 1. The first kappa shape index (κ1) is 28.7. The van der Waals surface area contributed by atoms with Crippen molar-refractivity contribution in [2.45, 2.75) is 122 Å². The molecule has 6 unspecified atom stereocenters. The van der Waals surface area contributed by atoms with Gasteiger partial charge in [-0.25, -0.2) is 14.8 Å². The van der Waals surface area contributed by atoms with E-state index in [1.807, 2.05) is 12.1 Å². The minimum atomic E-state index is -0.646. The molecule has 2 saturated carbocycles. The highest BCUT2D eigenvalue weighted by Gasteiger charge is 2.40. The minimum Gasteiger partial charge on any atom is -0.381 e. The highest BCUT2D eigenvalue weighted by atomic mass is 19.1. The van der Waals surface area contributed by atoms with E-state index in [1.54, 1.807) is 7.11 Å². The summed E-state index contributed by atoms with van der Waals surface area (Å²) < 4.78 is 19.2. The Kier molecular flexibility index (Phi) is 9.83. The molecule has 0 spiro atoms. The number of likely N-dealkylation sites (N-methyl/N-ethyl adjacent to an activating group) is 1. The average molecular weight is 524 g/mol. The predicted molar refractivity (Wildman–Crippen MR) is 144 cm³/mol. The Balaban J connectivity index is 1.38. The standard InChI is InChI=1S/C27H50FN7O2/c1-27(2,3)23-15-22(35(4)34-23)25(36)31-26(29-16-17-7-6-8-20(13-17)37-5)30-24-14-21(32-33-24)18-9-11-19(28)12-10-18/h17-24,32-34H,6-16H2,1-5H3,(H2,29,30,31,36). The molecule has 0 aromatic carbocycles. The summed E-state index contributed by atoms with van der Waals surface area (Å²) in [6, 6.07) is 0.262. The summed E-state index contributed by atoms with van der Waals surface area (Å²) in [4.78, 5) is 18.3. The van der Waals surface area contributed by atoms with Crippen molar-refractivity contribution in [3.63, 3.8) is 0 Å². The maximum Gasteiger partial charge on any atom is 0.245 e. The zero-order chi connectivity index (χ0) is 26.6. The van der Waals surface area contributed by atoms with Crippen molar-refractivity contribution in [1.82, 2.24) is 31.9 Å². The Morgan fingerprint density at radius 3 is 2.51 bits per heavy atom. The van der Waals surface area contributed by atoms with E-state index in [9.17, 15) is 9.18 Å². The lowest BCUT2D eigenvalue weighted by Gasteiger charge is -2.28. The first-order valence-electron chi connectivity index (χ1n) is 14.4. The van der Waals surface area contributed by atoms with Crippen LogP contribution in [0.5, 0.6) is 0 Å². The number of amides is 1. The van der Waals surface area contributed by atoms with Crippen LogP contribution in [0.25, 0.3) is 0 Å². The number of rotatable bonds is 6. The summed E-state index contributed by atoms with van der Waals surface area (Å²) in [6.07, 6.45) is 8.78. The molecular weight excluding hydrogens is 473 g/mol. The zero-order valence-electron chi connectivity index (χ0n) is 23.5. The summed E-state index contributed by atoms with van der Waals surface area (Å²) in [5.74, 6) is 1.41. The van der Waals surface area contributed by atoms with Crippen molar-refractivity contribution in [3.8, 4) is 0 Å². The van der Waals surface area contributed by atoms with Crippen molar-refractivity contribution in [1.29, 1.82) is 0 Å². The average Bonchev–Trinajstić information content (AvgIpc) is 3.50. The van der Waals surface area contributed by atoms with Gasteiger partial charge in [0.2, 0.25) is 5.91 Å². The molecule has 6 atom stereocenters. The Hall–Kier alpha value is -1.33. The molecule has 0 bridgehead atoms. The van der Waals surface area contributed by atoms with Gasteiger partial charge < -0.3 is 10.1 Å². The van der Waals surface area contributed by atoms with Gasteiger partial charge in [0.05, 0.1) is 12.3 Å². The molecule has 37 heavy (non-hydrogen) atoms. The fourth-order valence-electron chi connectivity index (χ4n) is 6.39. The maximum absolute atomic E-state index is 13.6. The third-order valence-electron chi connectivity index (χ3n) is 8.97. The van der Waals surface area contributed by atoms with Crippen molar-refractivity contribution >= 4 is 11.9 Å². The van der Waals surface area contributed by atoms with Crippen LogP contribution in [0.4, 0.5) is 4.39 Å². The van der Waals surface area contributed by atoms with Gasteiger partial charge in [-0.05, 0) is 75.0 Å². The first-order valence-corrected chi connectivity index (χ1v) is 14.4. The van der Waals surface area contributed by atoms with E-state index in [2.05, 4.69) is 47.7 Å². The van der Waals surface area contributed by atoms with Crippen LogP contribution in [0.15, 0.2) is 4.99 Å². The fourth-order valence-corrected chi connectivity index (χ4v) is 6.39. The zero-order valence-corrected chi connectivity index (χ0v) is 23.5. The highest BCUT2D eigenvalue weighted by molar-refractivity contribution is 5.99. The number of aliphatic imine (C=N–C) groups is 1. The number of methoxy groups -OCH3 is 1. The molecule has 4 aliphatic rings. The molecule has 4 rings (SSSR count). The second kappa shape index (κ2) is 12.7. The molecule has 212 valence electrons. The summed E-state index contributed by atoms with van der Waals surface area (Å²) in [5.41, 5.74) is 10.3. The van der Waals surface area contributed by atoms with Crippen LogP contribution >= 0.6 is 0 Å². The minimum absolute atomic E-state index is 0.0461. The lowest BCUT2D eigenvalue weighted by molar-refractivity contribution is -0.124. The molecule has 0 aromatic rings.